The van der Waals surface area contributed by atoms with Gasteiger partial charge in [0, 0.05) is 0 Å². The molecule has 2 atom stereocenters. The van der Waals surface area contributed by atoms with E-state index < -0.39 is 0 Å². The van der Waals surface area contributed by atoms with E-state index in [0.717, 1.165) is 17.8 Å². The van der Waals surface area contributed by atoms with Gasteiger partial charge in [-0.05, 0) is 37.0 Å². The van der Waals surface area contributed by atoms with Crippen LogP contribution in [0.1, 0.15) is 46.5 Å². The van der Waals surface area contributed by atoms with E-state index in [0.29, 0.717) is 0 Å². The minimum Gasteiger partial charge on any atom is -0.0851 e. The molecule has 0 heterocycles. The molecule has 0 amide bonds. The van der Waals surface area contributed by atoms with Crippen molar-refractivity contribution in [2.45, 2.75) is 46.5 Å². The zero-order valence-corrected chi connectivity index (χ0v) is 8.72. The second-order valence-electron chi connectivity index (χ2n) is 4.52. The average Bonchev–Trinajstić information content (AvgIpc) is 2.67. The minimum absolute atomic E-state index is 0.884. The molecule has 0 spiro atoms. The van der Waals surface area contributed by atoms with Crippen molar-refractivity contribution in [1.29, 1.82) is 0 Å². The predicted molar refractivity (Wildman–Crippen MR) is 55.1 cm³/mol. The Bertz CT molecular complexity index is 132. The molecule has 0 saturated heterocycles. The molecule has 2 unspecified atom stereocenters. The summed E-state index contributed by atoms with van der Waals surface area (Å²) in [6.45, 7) is 6.64. The third-order valence-corrected chi connectivity index (χ3v) is 2.99. The van der Waals surface area contributed by atoms with Gasteiger partial charge in [0.1, 0.15) is 0 Å². The normalized spacial score (nSPS) is 30.7. The lowest BCUT2D eigenvalue weighted by atomic mass is 10.1. The highest BCUT2D eigenvalue weighted by Gasteiger charge is 2.25. The number of allylic oxidation sites excluding steroid dienone is 2. The van der Waals surface area contributed by atoms with Gasteiger partial charge in [-0.2, -0.15) is 0 Å². The van der Waals surface area contributed by atoms with Crippen molar-refractivity contribution in [3.8, 4) is 0 Å². The Labute approximate surface area is 77.1 Å². The van der Waals surface area contributed by atoms with Crippen molar-refractivity contribution >= 4 is 0 Å². The van der Waals surface area contributed by atoms with Crippen molar-refractivity contribution in [3.63, 3.8) is 0 Å². The third kappa shape index (κ3) is 3.00. The van der Waals surface area contributed by atoms with Gasteiger partial charge in [-0.15, -0.1) is 0 Å². The van der Waals surface area contributed by atoms with E-state index in [9.17, 15) is 0 Å². The Morgan fingerprint density at radius 3 is 1.67 bits per heavy atom. The highest BCUT2D eigenvalue weighted by molar-refractivity contribution is 5.06. The molecule has 2 rings (SSSR count). The van der Waals surface area contributed by atoms with Gasteiger partial charge in [0.05, 0.1) is 0 Å². The topological polar surface area (TPSA) is 0 Å². The number of hydrogen-bond acceptors (Lipinski definition) is 0. The fourth-order valence-electron chi connectivity index (χ4n) is 1.72. The molecule has 12 heavy (non-hydrogen) atoms. The van der Waals surface area contributed by atoms with Gasteiger partial charge in [-0.3, -0.25) is 0 Å². The summed E-state index contributed by atoms with van der Waals surface area (Å²) in [5, 5.41) is 0. The average molecular weight is 166 g/mol. The van der Waals surface area contributed by atoms with Gasteiger partial charge in [0.25, 0.3) is 0 Å². The third-order valence-electron chi connectivity index (χ3n) is 2.99. The van der Waals surface area contributed by atoms with E-state index in [1.54, 1.807) is 0 Å². The van der Waals surface area contributed by atoms with Crippen molar-refractivity contribution in [2.75, 3.05) is 0 Å². The summed E-state index contributed by atoms with van der Waals surface area (Å²) >= 11 is 0. The van der Waals surface area contributed by atoms with Crippen LogP contribution in [0.25, 0.3) is 0 Å². The lowest BCUT2D eigenvalue weighted by molar-refractivity contribution is 0.626. The van der Waals surface area contributed by atoms with E-state index in [2.05, 4.69) is 32.9 Å². The Hall–Kier alpha value is -0.260. The van der Waals surface area contributed by atoms with Crippen molar-refractivity contribution in [2.24, 2.45) is 17.8 Å². The summed E-state index contributed by atoms with van der Waals surface area (Å²) in [6, 6.07) is 0. The second kappa shape index (κ2) is 4.69. The van der Waals surface area contributed by atoms with E-state index in [1.807, 2.05) is 0 Å². The highest BCUT2D eigenvalue weighted by Crippen LogP contribution is 2.38. The summed E-state index contributed by atoms with van der Waals surface area (Å²) in [5.74, 6) is 2.87. The second-order valence-corrected chi connectivity index (χ2v) is 4.52. The highest BCUT2D eigenvalue weighted by atomic mass is 14.3. The first-order chi connectivity index (χ1) is 5.72. The SMILES string of the molecule is C1=CC2CCC1C2.CCC(C)C. The minimum atomic E-state index is 0.884. The number of hydrogen-bond donors (Lipinski definition) is 0. The summed E-state index contributed by atoms with van der Waals surface area (Å²) < 4.78 is 0. The molecule has 1 saturated carbocycles. The Kier molecular flexibility index (Phi) is 3.84. The number of fused-ring (bicyclic) bond motifs is 2. The molecule has 70 valence electrons. The van der Waals surface area contributed by atoms with Crippen LogP contribution in [0, 0.1) is 17.8 Å². The molecule has 0 nitrogen and oxygen atoms in total. The van der Waals surface area contributed by atoms with Crippen LogP contribution in [0.3, 0.4) is 0 Å². The molecule has 0 aromatic heterocycles. The number of rotatable bonds is 1. The van der Waals surface area contributed by atoms with Gasteiger partial charge >= 0.3 is 0 Å². The molecule has 0 aromatic carbocycles. The summed E-state index contributed by atoms with van der Waals surface area (Å²) in [4.78, 5) is 0. The molecule has 0 radical (unpaired) electrons. The summed E-state index contributed by atoms with van der Waals surface area (Å²) in [5.41, 5.74) is 0. The van der Waals surface area contributed by atoms with E-state index >= 15 is 0 Å². The van der Waals surface area contributed by atoms with Crippen molar-refractivity contribution in [3.05, 3.63) is 12.2 Å². The van der Waals surface area contributed by atoms with Crippen LogP contribution in [-0.4, -0.2) is 0 Å². The van der Waals surface area contributed by atoms with Crippen LogP contribution in [-0.2, 0) is 0 Å². The lowest BCUT2D eigenvalue weighted by Crippen LogP contribution is -1.82. The standard InChI is InChI=1S/C7H10.C5H12/c1-2-7-4-3-6(1)5-7;1-4-5(2)3/h1-2,6-7H,3-5H2;5H,4H2,1-3H3. The van der Waals surface area contributed by atoms with Crippen LogP contribution in [0.5, 0.6) is 0 Å². The zero-order chi connectivity index (χ0) is 8.97. The quantitative estimate of drug-likeness (QED) is 0.516. The summed E-state index contributed by atoms with van der Waals surface area (Å²) in [7, 11) is 0. The maximum absolute atomic E-state index is 2.38. The van der Waals surface area contributed by atoms with Crippen molar-refractivity contribution < 1.29 is 0 Å². The first kappa shape index (κ1) is 9.83. The molecule has 0 aromatic rings. The van der Waals surface area contributed by atoms with Gasteiger partial charge in [-0.25, -0.2) is 0 Å². The monoisotopic (exact) mass is 166 g/mol. The van der Waals surface area contributed by atoms with Crippen LogP contribution < -0.4 is 0 Å². The molecule has 0 heteroatoms. The maximum atomic E-state index is 2.38. The first-order valence-corrected chi connectivity index (χ1v) is 5.40. The Balaban J connectivity index is 0.000000130. The first-order valence-electron chi connectivity index (χ1n) is 5.40. The molecule has 2 aliphatic carbocycles. The van der Waals surface area contributed by atoms with Crippen LogP contribution in [0.2, 0.25) is 0 Å². The van der Waals surface area contributed by atoms with E-state index in [-0.39, 0.29) is 0 Å². The van der Waals surface area contributed by atoms with Gasteiger partial charge in [-0.1, -0.05) is 39.3 Å². The molecule has 0 aliphatic heterocycles. The van der Waals surface area contributed by atoms with E-state index in [1.165, 1.54) is 25.7 Å². The predicted octanol–water partition coefficient (Wildman–Crippen LogP) is 4.02. The maximum Gasteiger partial charge on any atom is -0.0228 e. The van der Waals surface area contributed by atoms with Crippen LogP contribution >= 0.6 is 0 Å². The summed E-state index contributed by atoms with van der Waals surface area (Å²) in [6.07, 6.45) is 10.5. The van der Waals surface area contributed by atoms with Gasteiger partial charge in [0.15, 0.2) is 0 Å². The van der Waals surface area contributed by atoms with Crippen molar-refractivity contribution in [1.82, 2.24) is 0 Å². The largest absolute Gasteiger partial charge is 0.0851 e. The van der Waals surface area contributed by atoms with Crippen LogP contribution in [0.15, 0.2) is 12.2 Å². The molecule has 0 N–H and O–H groups in total. The smallest absolute Gasteiger partial charge is 0.0228 e. The van der Waals surface area contributed by atoms with Gasteiger partial charge in [0.2, 0.25) is 0 Å². The Morgan fingerprint density at radius 2 is 1.58 bits per heavy atom. The molecular weight excluding hydrogens is 144 g/mol. The molecular formula is C12H22. The Morgan fingerprint density at radius 1 is 1.17 bits per heavy atom. The molecule has 2 aliphatic rings. The van der Waals surface area contributed by atoms with E-state index in [4.69, 9.17) is 0 Å². The lowest BCUT2D eigenvalue weighted by Gasteiger charge is -1.96. The molecule has 1 fully saturated rings. The fraction of sp³-hybridized carbons (Fsp3) is 0.833. The fourth-order valence-corrected chi connectivity index (χ4v) is 1.72. The van der Waals surface area contributed by atoms with Gasteiger partial charge < -0.3 is 0 Å². The zero-order valence-electron chi connectivity index (χ0n) is 8.72. The molecule has 2 bridgehead atoms. The van der Waals surface area contributed by atoms with Crippen LogP contribution in [0.4, 0.5) is 0 Å².